The number of hydrogen-bond acceptors (Lipinski definition) is 1. The van der Waals surface area contributed by atoms with E-state index in [-0.39, 0.29) is 0 Å². The minimum atomic E-state index is 1.04. The maximum Gasteiger partial charge on any atom is 0.0893 e. The number of fused-ring (bicyclic) bond motifs is 1. The molecule has 1 N–H and O–H groups in total. The van der Waals surface area contributed by atoms with Crippen LogP contribution in [0.5, 0.6) is 0 Å². The highest BCUT2D eigenvalue weighted by Crippen LogP contribution is 2.25. The maximum absolute atomic E-state index is 4.53. The molecule has 3 rings (SSSR count). The molecular formula is C16H16N2. The molecular weight excluding hydrogens is 220 g/mol. The number of aromatic nitrogens is 2. The van der Waals surface area contributed by atoms with Crippen molar-refractivity contribution in [3.63, 3.8) is 0 Å². The van der Waals surface area contributed by atoms with Crippen molar-refractivity contribution in [2.24, 2.45) is 0 Å². The van der Waals surface area contributed by atoms with Gasteiger partial charge in [0.05, 0.1) is 11.4 Å². The molecule has 0 radical (unpaired) electrons. The third-order valence-electron chi connectivity index (χ3n) is 3.25. The summed E-state index contributed by atoms with van der Waals surface area (Å²) in [4.78, 5) is 7.97. The van der Waals surface area contributed by atoms with Crippen LogP contribution in [-0.2, 0) is 0 Å². The van der Waals surface area contributed by atoms with Crippen LogP contribution in [0.4, 0.5) is 0 Å². The standard InChI is InChI=1S/C16H16N2/c1-10-4-5-14-13(7-10)8-15(18-14)16-12(3)6-11(2)9-17-16/h4-9,18H,1-3H3. The normalized spacial score (nSPS) is 11.1. The lowest BCUT2D eigenvalue weighted by Crippen LogP contribution is -1.89. The lowest BCUT2D eigenvalue weighted by molar-refractivity contribution is 1.21. The average Bonchev–Trinajstić information content (AvgIpc) is 2.71. The van der Waals surface area contributed by atoms with Crippen molar-refractivity contribution in [3.8, 4) is 11.4 Å². The fraction of sp³-hybridized carbons (Fsp3) is 0.188. The predicted octanol–water partition coefficient (Wildman–Crippen LogP) is 4.16. The predicted molar refractivity (Wildman–Crippen MR) is 75.7 cm³/mol. The molecule has 2 heterocycles. The summed E-state index contributed by atoms with van der Waals surface area (Å²) in [5.41, 5.74) is 6.98. The number of pyridine rings is 1. The van der Waals surface area contributed by atoms with Crippen molar-refractivity contribution in [3.05, 3.63) is 53.2 Å². The lowest BCUT2D eigenvalue weighted by Gasteiger charge is -2.03. The molecule has 0 atom stereocenters. The number of benzene rings is 1. The zero-order valence-electron chi connectivity index (χ0n) is 10.9. The first kappa shape index (κ1) is 11.0. The third-order valence-corrected chi connectivity index (χ3v) is 3.25. The highest BCUT2D eigenvalue weighted by Gasteiger charge is 2.07. The Hall–Kier alpha value is -2.09. The maximum atomic E-state index is 4.53. The van der Waals surface area contributed by atoms with Crippen LogP contribution in [0.15, 0.2) is 36.5 Å². The van der Waals surface area contributed by atoms with E-state index < -0.39 is 0 Å². The summed E-state index contributed by atoms with van der Waals surface area (Å²) in [6.45, 7) is 6.28. The molecule has 0 aliphatic rings. The smallest absolute Gasteiger partial charge is 0.0893 e. The van der Waals surface area contributed by atoms with E-state index in [1.165, 1.54) is 22.1 Å². The second-order valence-electron chi connectivity index (χ2n) is 4.95. The molecule has 0 saturated heterocycles. The molecule has 3 aromatic rings. The fourth-order valence-electron chi connectivity index (χ4n) is 2.38. The highest BCUT2D eigenvalue weighted by atomic mass is 14.8. The minimum Gasteiger partial charge on any atom is -0.353 e. The van der Waals surface area contributed by atoms with Crippen LogP contribution in [0.2, 0.25) is 0 Å². The summed E-state index contributed by atoms with van der Waals surface area (Å²) in [5, 5.41) is 1.24. The average molecular weight is 236 g/mol. The second kappa shape index (κ2) is 3.98. The Morgan fingerprint density at radius 1 is 0.944 bits per heavy atom. The molecule has 2 heteroatoms. The molecule has 0 spiro atoms. The summed E-state index contributed by atoms with van der Waals surface area (Å²) >= 11 is 0. The molecule has 18 heavy (non-hydrogen) atoms. The Morgan fingerprint density at radius 3 is 2.56 bits per heavy atom. The van der Waals surface area contributed by atoms with Crippen LogP contribution in [0, 0.1) is 20.8 Å². The molecule has 0 fully saturated rings. The van der Waals surface area contributed by atoms with E-state index in [0.29, 0.717) is 0 Å². The summed E-state index contributed by atoms with van der Waals surface area (Å²) in [7, 11) is 0. The molecule has 90 valence electrons. The van der Waals surface area contributed by atoms with E-state index in [0.717, 1.165) is 16.9 Å². The van der Waals surface area contributed by atoms with Gasteiger partial charge in [0.2, 0.25) is 0 Å². The Balaban J connectivity index is 2.19. The van der Waals surface area contributed by atoms with Crippen molar-refractivity contribution in [2.45, 2.75) is 20.8 Å². The van der Waals surface area contributed by atoms with E-state index in [4.69, 9.17) is 0 Å². The molecule has 2 nitrogen and oxygen atoms in total. The van der Waals surface area contributed by atoms with Gasteiger partial charge in [-0.05, 0) is 50.1 Å². The van der Waals surface area contributed by atoms with E-state index in [1.807, 2.05) is 6.20 Å². The van der Waals surface area contributed by atoms with E-state index in [9.17, 15) is 0 Å². The molecule has 0 amide bonds. The van der Waals surface area contributed by atoms with Crippen LogP contribution >= 0.6 is 0 Å². The van der Waals surface area contributed by atoms with Crippen molar-refractivity contribution in [1.82, 2.24) is 9.97 Å². The Labute approximate surface area is 107 Å². The fourth-order valence-corrected chi connectivity index (χ4v) is 2.38. The van der Waals surface area contributed by atoms with Gasteiger partial charge in [0.25, 0.3) is 0 Å². The van der Waals surface area contributed by atoms with Gasteiger partial charge in [-0.25, -0.2) is 0 Å². The van der Waals surface area contributed by atoms with Crippen molar-refractivity contribution in [1.29, 1.82) is 0 Å². The largest absolute Gasteiger partial charge is 0.353 e. The Morgan fingerprint density at radius 2 is 1.78 bits per heavy atom. The van der Waals surface area contributed by atoms with E-state index in [1.54, 1.807) is 0 Å². The first-order valence-corrected chi connectivity index (χ1v) is 6.16. The van der Waals surface area contributed by atoms with Gasteiger partial charge in [0.15, 0.2) is 0 Å². The molecule has 1 aromatic carbocycles. The third kappa shape index (κ3) is 1.80. The number of rotatable bonds is 1. The van der Waals surface area contributed by atoms with E-state index >= 15 is 0 Å². The highest BCUT2D eigenvalue weighted by molar-refractivity contribution is 5.86. The molecule has 0 saturated carbocycles. The molecule has 0 unspecified atom stereocenters. The monoisotopic (exact) mass is 236 g/mol. The van der Waals surface area contributed by atoms with Crippen LogP contribution < -0.4 is 0 Å². The van der Waals surface area contributed by atoms with Crippen LogP contribution in [0.25, 0.3) is 22.3 Å². The van der Waals surface area contributed by atoms with Gasteiger partial charge in [-0.15, -0.1) is 0 Å². The van der Waals surface area contributed by atoms with Gasteiger partial charge in [0, 0.05) is 17.1 Å². The number of hydrogen-bond donors (Lipinski definition) is 1. The van der Waals surface area contributed by atoms with Crippen LogP contribution in [0.3, 0.4) is 0 Å². The zero-order valence-corrected chi connectivity index (χ0v) is 10.9. The second-order valence-corrected chi connectivity index (χ2v) is 4.95. The Kier molecular flexibility index (Phi) is 2.44. The van der Waals surface area contributed by atoms with Gasteiger partial charge in [-0.1, -0.05) is 17.7 Å². The van der Waals surface area contributed by atoms with Crippen molar-refractivity contribution >= 4 is 10.9 Å². The minimum absolute atomic E-state index is 1.04. The summed E-state index contributed by atoms with van der Waals surface area (Å²) in [6, 6.07) is 10.8. The first-order valence-electron chi connectivity index (χ1n) is 6.16. The van der Waals surface area contributed by atoms with Gasteiger partial charge >= 0.3 is 0 Å². The van der Waals surface area contributed by atoms with Gasteiger partial charge in [0.1, 0.15) is 0 Å². The van der Waals surface area contributed by atoms with E-state index in [2.05, 4.69) is 61.1 Å². The molecule has 0 bridgehead atoms. The van der Waals surface area contributed by atoms with Crippen LogP contribution in [0.1, 0.15) is 16.7 Å². The topological polar surface area (TPSA) is 28.7 Å². The zero-order chi connectivity index (χ0) is 12.7. The number of aromatic amines is 1. The molecule has 0 aliphatic carbocycles. The summed E-state index contributed by atoms with van der Waals surface area (Å²) in [5.74, 6) is 0. The molecule has 0 aliphatic heterocycles. The lowest BCUT2D eigenvalue weighted by atomic mass is 10.1. The number of H-pyrrole nitrogens is 1. The first-order chi connectivity index (χ1) is 8.63. The van der Waals surface area contributed by atoms with Gasteiger partial charge < -0.3 is 4.98 Å². The number of aryl methyl sites for hydroxylation is 3. The molecule has 2 aromatic heterocycles. The summed E-state index contributed by atoms with van der Waals surface area (Å²) < 4.78 is 0. The van der Waals surface area contributed by atoms with Crippen LogP contribution in [-0.4, -0.2) is 9.97 Å². The number of nitrogens with zero attached hydrogens (tertiary/aromatic N) is 1. The summed E-state index contributed by atoms with van der Waals surface area (Å²) in [6.07, 6.45) is 1.92. The van der Waals surface area contributed by atoms with Gasteiger partial charge in [-0.3, -0.25) is 4.98 Å². The van der Waals surface area contributed by atoms with Crippen molar-refractivity contribution < 1.29 is 0 Å². The SMILES string of the molecule is Cc1cnc(-c2cc3cc(C)ccc3[nH]2)c(C)c1. The number of nitrogens with one attached hydrogen (secondary N) is 1. The van der Waals surface area contributed by atoms with Gasteiger partial charge in [-0.2, -0.15) is 0 Å². The quantitative estimate of drug-likeness (QED) is 0.675. The van der Waals surface area contributed by atoms with Crippen molar-refractivity contribution in [2.75, 3.05) is 0 Å². The Bertz CT molecular complexity index is 723.